The number of H-pyrrole nitrogens is 1. The Balaban J connectivity index is 2.31. The maximum Gasteiger partial charge on any atom is 0.330 e. The number of aromatic nitrogens is 2. The molecule has 0 saturated carbocycles. The number of rotatable bonds is 2. The summed E-state index contributed by atoms with van der Waals surface area (Å²) < 4.78 is 19.3. The summed E-state index contributed by atoms with van der Waals surface area (Å²) in [5, 5.41) is 0. The lowest BCUT2D eigenvalue weighted by Gasteiger charge is -2.14. The van der Waals surface area contributed by atoms with Crippen molar-refractivity contribution in [3.63, 3.8) is 0 Å². The molecule has 1 N–H and O–H groups in total. The quantitative estimate of drug-likeness (QED) is 0.787. The molecular formula is C10H11FN2O4. The molecule has 6 nitrogen and oxygen atoms in total. The molecule has 2 rings (SSSR count). The number of hydrogen-bond donors (Lipinski definition) is 1. The fourth-order valence-corrected chi connectivity index (χ4v) is 1.80. The van der Waals surface area contributed by atoms with Crippen molar-refractivity contribution < 1.29 is 13.9 Å². The van der Waals surface area contributed by atoms with Crippen LogP contribution in [0.15, 0.2) is 15.8 Å². The molecule has 0 radical (unpaired) electrons. The number of nitrogens with zero attached hydrogens (tertiary/aromatic N) is 1. The maximum absolute atomic E-state index is 13.0. The Kier molecular flexibility index (Phi) is 2.93. The van der Waals surface area contributed by atoms with E-state index in [1.54, 1.807) is 0 Å². The number of ketones is 1. The molecule has 0 amide bonds. The van der Waals surface area contributed by atoms with Crippen molar-refractivity contribution in [3.05, 3.63) is 32.9 Å². The highest BCUT2D eigenvalue weighted by molar-refractivity contribution is 5.80. The van der Waals surface area contributed by atoms with Crippen LogP contribution < -0.4 is 11.2 Å². The second kappa shape index (κ2) is 4.25. The zero-order valence-electron chi connectivity index (χ0n) is 9.10. The Hall–Kier alpha value is -1.76. The van der Waals surface area contributed by atoms with Gasteiger partial charge in [-0.3, -0.25) is 19.1 Å². The molecule has 1 aromatic heterocycles. The highest BCUT2D eigenvalue weighted by Crippen LogP contribution is 2.27. The number of carbonyl (C=O) groups excluding carboxylic acids is 1. The van der Waals surface area contributed by atoms with Crippen molar-refractivity contribution in [1.82, 2.24) is 9.55 Å². The minimum absolute atomic E-state index is 0.134. The average molecular weight is 242 g/mol. The van der Waals surface area contributed by atoms with Gasteiger partial charge in [0.25, 0.3) is 5.56 Å². The van der Waals surface area contributed by atoms with Gasteiger partial charge in [-0.25, -0.2) is 4.79 Å². The third-order valence-electron chi connectivity index (χ3n) is 2.69. The van der Waals surface area contributed by atoms with E-state index in [9.17, 15) is 18.8 Å². The Bertz CT molecular complexity index is 562. The van der Waals surface area contributed by atoms with E-state index < -0.39 is 29.4 Å². The molecule has 2 atom stereocenters. The SMILES string of the molecule is CC(=O)[C@@H]1CC[C@H](n2cc(F)c(=O)[nH]c2=O)O1. The Morgan fingerprint density at radius 3 is 2.82 bits per heavy atom. The summed E-state index contributed by atoms with van der Waals surface area (Å²) in [6, 6.07) is 0. The van der Waals surface area contributed by atoms with E-state index in [4.69, 9.17) is 4.74 Å². The lowest BCUT2D eigenvalue weighted by atomic mass is 10.2. The largest absolute Gasteiger partial charge is 0.347 e. The van der Waals surface area contributed by atoms with Gasteiger partial charge in [-0.2, -0.15) is 4.39 Å². The molecule has 1 aliphatic rings. The van der Waals surface area contributed by atoms with E-state index in [0.29, 0.717) is 12.8 Å². The van der Waals surface area contributed by atoms with Crippen LogP contribution in [0.25, 0.3) is 0 Å². The van der Waals surface area contributed by atoms with E-state index in [1.807, 2.05) is 4.98 Å². The number of halogens is 1. The summed E-state index contributed by atoms with van der Waals surface area (Å²) in [5.74, 6) is -1.19. The number of Topliss-reactive ketones (excluding diaryl/α,β-unsaturated/α-hetero) is 1. The molecule has 17 heavy (non-hydrogen) atoms. The Labute approximate surface area is 95.0 Å². The van der Waals surface area contributed by atoms with Crippen LogP contribution in [0.5, 0.6) is 0 Å². The monoisotopic (exact) mass is 242 g/mol. The van der Waals surface area contributed by atoms with Crippen LogP contribution >= 0.6 is 0 Å². The summed E-state index contributed by atoms with van der Waals surface area (Å²) in [7, 11) is 0. The minimum Gasteiger partial charge on any atom is -0.347 e. The fourth-order valence-electron chi connectivity index (χ4n) is 1.80. The van der Waals surface area contributed by atoms with Crippen molar-refractivity contribution in [1.29, 1.82) is 0 Å². The van der Waals surface area contributed by atoms with Gasteiger partial charge in [-0.05, 0) is 19.8 Å². The normalized spacial score (nSPS) is 23.9. The lowest BCUT2D eigenvalue weighted by Crippen LogP contribution is -2.34. The van der Waals surface area contributed by atoms with E-state index in [2.05, 4.69) is 0 Å². The first-order valence-electron chi connectivity index (χ1n) is 5.16. The van der Waals surface area contributed by atoms with Crippen LogP contribution in [0, 0.1) is 5.82 Å². The third kappa shape index (κ3) is 2.19. The van der Waals surface area contributed by atoms with Crippen LogP contribution in [0.1, 0.15) is 26.0 Å². The summed E-state index contributed by atoms with van der Waals surface area (Å²) in [4.78, 5) is 35.2. The highest BCUT2D eigenvalue weighted by Gasteiger charge is 2.30. The number of carbonyl (C=O) groups is 1. The molecule has 1 saturated heterocycles. The van der Waals surface area contributed by atoms with Crippen molar-refractivity contribution in [2.75, 3.05) is 0 Å². The van der Waals surface area contributed by atoms with Gasteiger partial charge in [0.1, 0.15) is 12.3 Å². The highest BCUT2D eigenvalue weighted by atomic mass is 19.1. The molecule has 1 aromatic rings. The predicted molar refractivity (Wildman–Crippen MR) is 55.1 cm³/mol. The summed E-state index contributed by atoms with van der Waals surface area (Å²) in [5.41, 5.74) is -1.81. The summed E-state index contributed by atoms with van der Waals surface area (Å²) >= 11 is 0. The van der Waals surface area contributed by atoms with Crippen LogP contribution in [-0.2, 0) is 9.53 Å². The first-order valence-corrected chi connectivity index (χ1v) is 5.16. The van der Waals surface area contributed by atoms with E-state index >= 15 is 0 Å². The smallest absolute Gasteiger partial charge is 0.330 e. The van der Waals surface area contributed by atoms with Crippen molar-refractivity contribution >= 4 is 5.78 Å². The summed E-state index contributed by atoms with van der Waals surface area (Å²) in [6.07, 6.45) is 0.432. The zero-order valence-corrected chi connectivity index (χ0v) is 9.10. The molecule has 0 aromatic carbocycles. The number of hydrogen-bond acceptors (Lipinski definition) is 4. The molecule has 1 aliphatic heterocycles. The van der Waals surface area contributed by atoms with Crippen molar-refractivity contribution in [2.24, 2.45) is 0 Å². The molecule has 7 heteroatoms. The van der Waals surface area contributed by atoms with Gasteiger partial charge < -0.3 is 4.74 Å². The standard InChI is InChI=1S/C10H11FN2O4/c1-5(14)7-2-3-8(17-7)13-4-6(11)9(15)12-10(13)16/h4,7-8H,2-3H2,1H3,(H,12,15,16)/t7-,8+/m0/s1. The molecule has 0 spiro atoms. The first-order chi connectivity index (χ1) is 7.99. The molecule has 0 aliphatic carbocycles. The molecule has 2 heterocycles. The van der Waals surface area contributed by atoms with E-state index in [-0.39, 0.29) is 5.78 Å². The molecule has 92 valence electrons. The van der Waals surface area contributed by atoms with Gasteiger partial charge >= 0.3 is 5.69 Å². The minimum atomic E-state index is -1.06. The van der Waals surface area contributed by atoms with Gasteiger partial charge in [0.2, 0.25) is 5.82 Å². The van der Waals surface area contributed by atoms with Gasteiger partial charge in [0.05, 0.1) is 6.20 Å². The van der Waals surface area contributed by atoms with Gasteiger partial charge in [0.15, 0.2) is 5.78 Å². The van der Waals surface area contributed by atoms with Crippen molar-refractivity contribution in [3.8, 4) is 0 Å². The third-order valence-corrected chi connectivity index (χ3v) is 2.69. The van der Waals surface area contributed by atoms with Gasteiger partial charge in [0, 0.05) is 0 Å². The molecular weight excluding hydrogens is 231 g/mol. The fraction of sp³-hybridized carbons (Fsp3) is 0.500. The maximum atomic E-state index is 13.0. The molecule has 0 unspecified atom stereocenters. The van der Waals surface area contributed by atoms with Crippen molar-refractivity contribution in [2.45, 2.75) is 32.1 Å². The van der Waals surface area contributed by atoms with E-state index in [0.717, 1.165) is 10.8 Å². The predicted octanol–water partition coefficient (Wildman–Crippen LogP) is -0.0577. The average Bonchev–Trinajstić information content (AvgIpc) is 2.72. The Morgan fingerprint density at radius 1 is 1.53 bits per heavy atom. The first kappa shape index (κ1) is 11.7. The molecule has 1 fully saturated rings. The number of aromatic amines is 1. The summed E-state index contributed by atoms with van der Waals surface area (Å²) in [6.45, 7) is 1.39. The van der Waals surface area contributed by atoms with Gasteiger partial charge in [-0.1, -0.05) is 0 Å². The van der Waals surface area contributed by atoms with Crippen LogP contribution in [0.4, 0.5) is 4.39 Å². The van der Waals surface area contributed by atoms with Crippen LogP contribution in [0.3, 0.4) is 0 Å². The van der Waals surface area contributed by atoms with Gasteiger partial charge in [-0.15, -0.1) is 0 Å². The van der Waals surface area contributed by atoms with E-state index in [1.165, 1.54) is 6.92 Å². The molecule has 0 bridgehead atoms. The Morgan fingerprint density at radius 2 is 2.24 bits per heavy atom. The topological polar surface area (TPSA) is 81.2 Å². The van der Waals surface area contributed by atoms with Crippen LogP contribution in [0.2, 0.25) is 0 Å². The number of ether oxygens (including phenoxy) is 1. The lowest BCUT2D eigenvalue weighted by molar-refractivity contribution is -0.129. The van der Waals surface area contributed by atoms with Crippen LogP contribution in [-0.4, -0.2) is 21.4 Å². The zero-order chi connectivity index (χ0) is 12.6. The second-order valence-electron chi connectivity index (χ2n) is 3.91. The second-order valence-corrected chi connectivity index (χ2v) is 3.91. The number of nitrogens with one attached hydrogen (secondary N) is 1.